The zero-order chi connectivity index (χ0) is 18.9. The highest BCUT2D eigenvalue weighted by Gasteiger charge is 2.40. The van der Waals surface area contributed by atoms with Gasteiger partial charge in [-0.2, -0.15) is 0 Å². The van der Waals surface area contributed by atoms with Crippen LogP contribution in [0.1, 0.15) is 39.5 Å². The van der Waals surface area contributed by atoms with Gasteiger partial charge in [-0.05, 0) is 44.5 Å². The molecule has 0 spiro atoms. The van der Waals surface area contributed by atoms with Gasteiger partial charge < -0.3 is 14.7 Å². The normalized spacial score (nSPS) is 33.5. The van der Waals surface area contributed by atoms with Crippen molar-refractivity contribution in [3.05, 3.63) is 29.8 Å². The van der Waals surface area contributed by atoms with E-state index in [0.29, 0.717) is 29.1 Å². The molecule has 0 amide bonds. The van der Waals surface area contributed by atoms with Gasteiger partial charge in [0.15, 0.2) is 0 Å². The molecule has 1 aromatic rings. The van der Waals surface area contributed by atoms with Gasteiger partial charge in [-0.25, -0.2) is 0 Å². The first-order valence-electron chi connectivity index (χ1n) is 9.63. The van der Waals surface area contributed by atoms with E-state index < -0.39 is 25.5 Å². The molecule has 0 saturated heterocycles. The Morgan fingerprint density at radius 2 is 2.32 bits per heavy atom. The molecule has 3 nitrogen and oxygen atoms in total. The molecule has 106 valence electrons. The third-order valence-corrected chi connectivity index (χ3v) is 4.01. The summed E-state index contributed by atoms with van der Waals surface area (Å²) in [5.74, 6) is 0.105. The second-order valence-electron chi connectivity index (χ2n) is 5.21. The number of nitrogens with zero attached hydrogens (tertiary/aromatic N) is 1. The molecule has 2 rings (SSSR count). The van der Waals surface area contributed by atoms with Crippen molar-refractivity contribution in [2.24, 2.45) is 5.92 Å². The molecule has 19 heavy (non-hydrogen) atoms. The van der Waals surface area contributed by atoms with Crippen LogP contribution >= 0.6 is 0 Å². The van der Waals surface area contributed by atoms with Crippen LogP contribution in [0.15, 0.2) is 24.3 Å². The van der Waals surface area contributed by atoms with Gasteiger partial charge in [-0.15, -0.1) is 0 Å². The molecule has 0 heterocycles. The molecule has 3 heteroatoms. The van der Waals surface area contributed by atoms with E-state index in [0.717, 1.165) is 12.8 Å². The number of ether oxygens (including phenoxy) is 1. The maximum atomic E-state index is 11.4. The van der Waals surface area contributed by atoms with Crippen LogP contribution in [0, 0.1) is 5.92 Å². The first-order valence-corrected chi connectivity index (χ1v) is 6.63. The van der Waals surface area contributed by atoms with Gasteiger partial charge in [-0.3, -0.25) is 0 Å². The van der Waals surface area contributed by atoms with Crippen LogP contribution in [0.2, 0.25) is 0 Å². The predicted octanol–water partition coefficient (Wildman–Crippen LogP) is 2.63. The first kappa shape index (κ1) is 8.28. The molecule has 1 saturated carbocycles. The number of rotatable bonds is 4. The topological polar surface area (TPSA) is 32.7 Å². The lowest BCUT2D eigenvalue weighted by Gasteiger charge is -2.41. The summed E-state index contributed by atoms with van der Waals surface area (Å²) in [5, 5.41) is 11.4. The Labute approximate surface area is 124 Å². The fourth-order valence-corrected chi connectivity index (χ4v) is 2.96. The van der Waals surface area contributed by atoms with Crippen LogP contribution in [0.3, 0.4) is 0 Å². The Kier molecular flexibility index (Phi) is 2.58. The maximum Gasteiger partial charge on any atom is 0.119 e. The molecular weight excluding hydrogens is 238 g/mol. The monoisotopic (exact) mass is 269 g/mol. The van der Waals surface area contributed by atoms with Crippen molar-refractivity contribution >= 4 is 0 Å². The van der Waals surface area contributed by atoms with Gasteiger partial charge in [0.05, 0.1) is 12.7 Å². The molecule has 0 aliphatic heterocycles. The lowest BCUT2D eigenvalue weighted by atomic mass is 9.71. The van der Waals surface area contributed by atoms with E-state index in [-0.39, 0.29) is 6.54 Å². The van der Waals surface area contributed by atoms with E-state index in [2.05, 4.69) is 0 Å². The Morgan fingerprint density at radius 1 is 1.47 bits per heavy atom. The summed E-state index contributed by atoms with van der Waals surface area (Å²) in [6.45, 7) is -5.73. The van der Waals surface area contributed by atoms with E-state index in [1.807, 2.05) is 0 Å². The molecule has 1 aromatic carbocycles. The van der Waals surface area contributed by atoms with Crippen LogP contribution in [-0.4, -0.2) is 37.6 Å². The largest absolute Gasteiger partial charge is 0.497 e. The van der Waals surface area contributed by atoms with Gasteiger partial charge in [0.2, 0.25) is 0 Å². The molecule has 0 aromatic heterocycles. The van der Waals surface area contributed by atoms with E-state index in [9.17, 15) is 5.11 Å². The summed E-state index contributed by atoms with van der Waals surface area (Å²) < 4.78 is 50.6. The SMILES string of the molecule is [2H]C([2H])([2H])N(CC1CCCC[C@]1(O)c1cccc(OC)c1)C([2H])([2H])[2H]. The fourth-order valence-electron chi connectivity index (χ4n) is 2.96. The van der Waals surface area contributed by atoms with E-state index in [4.69, 9.17) is 13.0 Å². The van der Waals surface area contributed by atoms with Crippen LogP contribution in [0.4, 0.5) is 0 Å². The van der Waals surface area contributed by atoms with E-state index in [1.165, 1.54) is 7.11 Å². The molecule has 0 bridgehead atoms. The smallest absolute Gasteiger partial charge is 0.119 e. The van der Waals surface area contributed by atoms with Crippen molar-refractivity contribution in [1.29, 1.82) is 0 Å². The molecular formula is C16H25NO2. The second kappa shape index (κ2) is 5.93. The summed E-state index contributed by atoms with van der Waals surface area (Å²) in [6, 6.07) is 7.04. The predicted molar refractivity (Wildman–Crippen MR) is 77.4 cm³/mol. The van der Waals surface area contributed by atoms with Crippen molar-refractivity contribution in [1.82, 2.24) is 4.90 Å². The highest BCUT2D eigenvalue weighted by Crippen LogP contribution is 2.42. The number of benzene rings is 1. The van der Waals surface area contributed by atoms with Crippen molar-refractivity contribution in [2.45, 2.75) is 31.3 Å². The summed E-state index contributed by atoms with van der Waals surface area (Å²) in [7, 11) is 1.53. The van der Waals surface area contributed by atoms with Crippen molar-refractivity contribution < 1.29 is 18.1 Å². The Balaban J connectivity index is 2.36. The fraction of sp³-hybridized carbons (Fsp3) is 0.625. The average Bonchev–Trinajstić information content (AvgIpc) is 2.51. The zero-order valence-corrected chi connectivity index (χ0v) is 11.2. The third kappa shape index (κ3) is 3.10. The minimum absolute atomic E-state index is 0.222. The maximum absolute atomic E-state index is 11.4. The molecule has 1 aliphatic carbocycles. The highest BCUT2D eigenvalue weighted by atomic mass is 16.5. The van der Waals surface area contributed by atoms with Gasteiger partial charge in [0.25, 0.3) is 0 Å². The Bertz CT molecular complexity index is 575. The molecule has 1 aliphatic rings. The lowest BCUT2D eigenvalue weighted by Crippen LogP contribution is -2.43. The average molecular weight is 269 g/mol. The van der Waals surface area contributed by atoms with Gasteiger partial charge >= 0.3 is 0 Å². The van der Waals surface area contributed by atoms with Crippen LogP contribution in [0.25, 0.3) is 0 Å². The minimum Gasteiger partial charge on any atom is -0.497 e. The number of hydrogen-bond acceptors (Lipinski definition) is 3. The van der Waals surface area contributed by atoms with E-state index in [1.54, 1.807) is 24.3 Å². The van der Waals surface area contributed by atoms with Crippen molar-refractivity contribution in [3.63, 3.8) is 0 Å². The first-order chi connectivity index (χ1) is 11.5. The van der Waals surface area contributed by atoms with Gasteiger partial charge in [0.1, 0.15) is 5.75 Å². The second-order valence-corrected chi connectivity index (χ2v) is 5.21. The molecule has 1 unspecified atom stereocenters. The number of methoxy groups -OCH3 is 1. The summed E-state index contributed by atoms with van der Waals surface area (Å²) in [4.78, 5) is 0.543. The minimum atomic E-state index is -2.75. The summed E-state index contributed by atoms with van der Waals surface area (Å²) in [5.41, 5.74) is -0.644. The summed E-state index contributed by atoms with van der Waals surface area (Å²) >= 11 is 0. The zero-order valence-electron chi connectivity index (χ0n) is 17.2. The highest BCUT2D eigenvalue weighted by molar-refractivity contribution is 5.33. The van der Waals surface area contributed by atoms with Gasteiger partial charge in [0, 0.05) is 20.7 Å². The third-order valence-electron chi connectivity index (χ3n) is 4.01. The standard InChI is InChI=1S/C16H25NO2/c1-17(2)12-14-7-4-5-10-16(14,18)13-8-6-9-15(11-13)19-3/h6,8-9,11,14,18H,4-5,7,10,12H2,1-3H3/t14?,16-/m0/s1/i1D3,2D3. The summed E-state index contributed by atoms with van der Waals surface area (Å²) in [6.07, 6.45) is 2.65. The van der Waals surface area contributed by atoms with Crippen LogP contribution < -0.4 is 4.74 Å². The van der Waals surface area contributed by atoms with Crippen LogP contribution in [0.5, 0.6) is 5.75 Å². The Hall–Kier alpha value is -1.06. The molecule has 0 radical (unpaired) electrons. The van der Waals surface area contributed by atoms with Crippen LogP contribution in [-0.2, 0) is 5.60 Å². The van der Waals surface area contributed by atoms with Gasteiger partial charge in [-0.1, -0.05) is 25.0 Å². The number of hydrogen-bond donors (Lipinski definition) is 1. The Morgan fingerprint density at radius 3 is 3.05 bits per heavy atom. The molecule has 1 N–H and O–H groups in total. The lowest BCUT2D eigenvalue weighted by molar-refractivity contribution is -0.0619. The molecule has 1 fully saturated rings. The quantitative estimate of drug-likeness (QED) is 0.912. The van der Waals surface area contributed by atoms with E-state index >= 15 is 0 Å². The van der Waals surface area contributed by atoms with Crippen molar-refractivity contribution in [3.8, 4) is 5.75 Å². The van der Waals surface area contributed by atoms with Crippen molar-refractivity contribution in [2.75, 3.05) is 27.6 Å². The number of aliphatic hydroxyl groups is 1. The molecule has 2 atom stereocenters.